The third-order valence-electron chi connectivity index (χ3n) is 5.66. The van der Waals surface area contributed by atoms with Gasteiger partial charge in [-0.3, -0.25) is 0 Å². The van der Waals surface area contributed by atoms with Crippen molar-refractivity contribution in [2.24, 2.45) is 0 Å². The van der Waals surface area contributed by atoms with Gasteiger partial charge in [-0.25, -0.2) is 0 Å². The summed E-state index contributed by atoms with van der Waals surface area (Å²) in [5.74, 6) is 0. The van der Waals surface area contributed by atoms with Crippen molar-refractivity contribution in [1.82, 2.24) is 0 Å². The Labute approximate surface area is 233 Å². The lowest BCUT2D eigenvalue weighted by Crippen LogP contribution is -2.60. The molecule has 2 atom stereocenters. The second-order valence-electron chi connectivity index (χ2n) is 14.3. The van der Waals surface area contributed by atoms with E-state index in [2.05, 4.69) is 105 Å². The Hall–Kier alpha value is 1.06. The second-order valence-corrected chi connectivity index (χ2v) is 42.8. The van der Waals surface area contributed by atoms with Crippen LogP contribution in [0.4, 0.5) is 0 Å². The Morgan fingerprint density at radius 2 is 1.03 bits per heavy atom. The maximum Gasteiger partial charge on any atom is 0.317 e. The van der Waals surface area contributed by atoms with Gasteiger partial charge in [0, 0.05) is 0 Å². The molecule has 0 aromatic carbocycles. The van der Waals surface area contributed by atoms with Gasteiger partial charge in [0.05, 0.1) is 0 Å². The van der Waals surface area contributed by atoms with E-state index in [0.29, 0.717) is 0 Å². The Kier molecular flexibility index (Phi) is 14.5. The SMILES string of the molecule is C=C[Si](C)(C)O[Si](C)(C)O[Si](C)(CC[Si](C)(C)O[Si](C)(C)C)O[Si](C)(CCCCCC)O[Si](C)(C)C. The fraction of sp³-hybridized carbons (Fsp3) is 0.917. The molecule has 36 heavy (non-hydrogen) atoms. The highest BCUT2D eigenvalue weighted by Crippen LogP contribution is 2.34. The van der Waals surface area contributed by atoms with Crippen LogP contribution in [0.1, 0.15) is 32.6 Å². The van der Waals surface area contributed by atoms with E-state index < -0.39 is 59.0 Å². The molecule has 0 aromatic rings. The third-order valence-corrected chi connectivity index (χ3v) is 31.1. The van der Waals surface area contributed by atoms with Gasteiger partial charge in [0.2, 0.25) is 0 Å². The van der Waals surface area contributed by atoms with Crippen LogP contribution in [0.3, 0.4) is 0 Å². The molecular formula is C24H62O5Si7. The van der Waals surface area contributed by atoms with Gasteiger partial charge in [0.25, 0.3) is 0 Å². The first kappa shape index (κ1) is 37.1. The summed E-state index contributed by atoms with van der Waals surface area (Å²) >= 11 is 0. The average molecular weight is 627 g/mol. The zero-order valence-corrected chi connectivity index (χ0v) is 33.8. The Morgan fingerprint density at radius 3 is 1.47 bits per heavy atom. The van der Waals surface area contributed by atoms with Crippen LogP contribution >= 0.6 is 0 Å². The largest absolute Gasteiger partial charge is 0.456 e. The van der Waals surface area contributed by atoms with Crippen LogP contribution in [-0.4, -0.2) is 59.0 Å². The van der Waals surface area contributed by atoms with E-state index in [1.165, 1.54) is 19.3 Å². The molecule has 5 nitrogen and oxygen atoms in total. The monoisotopic (exact) mass is 626 g/mol. The molecule has 0 heterocycles. The molecule has 216 valence electrons. The van der Waals surface area contributed by atoms with Crippen LogP contribution < -0.4 is 0 Å². The van der Waals surface area contributed by atoms with E-state index in [0.717, 1.165) is 24.6 Å². The lowest BCUT2D eigenvalue weighted by Gasteiger charge is -2.45. The average Bonchev–Trinajstić information content (AvgIpc) is 2.59. The molecule has 0 aromatic heterocycles. The van der Waals surface area contributed by atoms with Gasteiger partial charge in [0.1, 0.15) is 0 Å². The zero-order chi connectivity index (χ0) is 28.7. The van der Waals surface area contributed by atoms with Gasteiger partial charge < -0.3 is 20.6 Å². The smallest absolute Gasteiger partial charge is 0.317 e. The van der Waals surface area contributed by atoms with Gasteiger partial charge in [-0.15, -0.1) is 6.58 Å². The summed E-state index contributed by atoms with van der Waals surface area (Å²) in [6, 6.07) is 3.00. The minimum atomic E-state index is -2.63. The van der Waals surface area contributed by atoms with E-state index in [9.17, 15) is 0 Å². The lowest BCUT2D eigenvalue weighted by molar-refractivity contribution is 0.288. The minimum Gasteiger partial charge on any atom is -0.456 e. The van der Waals surface area contributed by atoms with E-state index in [4.69, 9.17) is 20.6 Å². The van der Waals surface area contributed by atoms with Crippen LogP contribution in [0.5, 0.6) is 0 Å². The molecule has 0 amide bonds. The lowest BCUT2D eigenvalue weighted by atomic mass is 10.2. The van der Waals surface area contributed by atoms with Crippen molar-refractivity contribution in [3.8, 4) is 0 Å². The summed E-state index contributed by atoms with van der Waals surface area (Å²) in [6.07, 6.45) is 4.91. The predicted molar refractivity (Wildman–Crippen MR) is 177 cm³/mol. The quantitative estimate of drug-likeness (QED) is 0.106. The molecule has 0 saturated heterocycles. The van der Waals surface area contributed by atoms with Gasteiger partial charge in [-0.1, -0.05) is 38.3 Å². The van der Waals surface area contributed by atoms with E-state index in [-0.39, 0.29) is 0 Å². The van der Waals surface area contributed by atoms with Crippen LogP contribution in [0.15, 0.2) is 12.3 Å². The van der Waals surface area contributed by atoms with Crippen molar-refractivity contribution < 1.29 is 20.6 Å². The number of unbranched alkanes of at least 4 members (excludes halogenated alkanes) is 3. The molecule has 0 fully saturated rings. The summed E-state index contributed by atoms with van der Waals surface area (Å²) in [5, 5.41) is 0. The summed E-state index contributed by atoms with van der Waals surface area (Å²) in [4.78, 5) is 0. The standard InChI is InChI=1S/C24H62O5Si7/c1-17-19-20-21-22-35(15,26-31(6,7)8)29-36(16,24-23-33(11,12)25-30(3,4)5)28-34(13,14)27-32(9,10)18-2/h18H,2,17,19-24H2,1,3-16H3. The van der Waals surface area contributed by atoms with E-state index in [1.54, 1.807) is 0 Å². The molecule has 2 unspecified atom stereocenters. The van der Waals surface area contributed by atoms with Crippen LogP contribution in [-0.2, 0) is 20.6 Å². The Balaban J connectivity index is 6.11. The topological polar surface area (TPSA) is 46.2 Å². The molecule has 0 bridgehead atoms. The first-order chi connectivity index (χ1) is 15.9. The van der Waals surface area contributed by atoms with Crippen molar-refractivity contribution in [2.45, 2.75) is 142 Å². The molecule has 0 aliphatic heterocycles. The first-order valence-electron chi connectivity index (χ1n) is 14.0. The fourth-order valence-electron chi connectivity index (χ4n) is 4.85. The van der Waals surface area contributed by atoms with Crippen LogP contribution in [0.25, 0.3) is 0 Å². The van der Waals surface area contributed by atoms with Crippen LogP contribution in [0.2, 0.25) is 110 Å². The number of hydrogen-bond donors (Lipinski definition) is 0. The first-order valence-corrected chi connectivity index (χ1v) is 34.8. The molecule has 0 N–H and O–H groups in total. The van der Waals surface area contributed by atoms with Gasteiger partial charge in [-0.05, 0) is 110 Å². The molecular weight excluding hydrogens is 565 g/mol. The Morgan fingerprint density at radius 1 is 0.528 bits per heavy atom. The fourth-order valence-corrected chi connectivity index (χ4v) is 38.7. The summed E-state index contributed by atoms with van der Waals surface area (Å²) in [5.41, 5.74) is 2.00. The van der Waals surface area contributed by atoms with Gasteiger partial charge in [0.15, 0.2) is 33.3 Å². The molecule has 12 heteroatoms. The van der Waals surface area contributed by atoms with Gasteiger partial charge >= 0.3 is 25.7 Å². The van der Waals surface area contributed by atoms with Crippen molar-refractivity contribution in [3.63, 3.8) is 0 Å². The maximum absolute atomic E-state index is 7.28. The Bertz CT molecular complexity index is 677. The van der Waals surface area contributed by atoms with Crippen molar-refractivity contribution in [3.05, 3.63) is 12.3 Å². The van der Waals surface area contributed by atoms with Crippen LogP contribution in [0, 0.1) is 0 Å². The molecule has 0 spiro atoms. The summed E-state index contributed by atoms with van der Waals surface area (Å²) in [7, 11) is -14.8. The summed E-state index contributed by atoms with van der Waals surface area (Å²) in [6.45, 7) is 38.0. The van der Waals surface area contributed by atoms with Crippen molar-refractivity contribution in [1.29, 1.82) is 0 Å². The molecule has 0 radical (unpaired) electrons. The van der Waals surface area contributed by atoms with Crippen molar-refractivity contribution in [2.75, 3.05) is 0 Å². The van der Waals surface area contributed by atoms with Gasteiger partial charge in [-0.2, -0.15) is 0 Å². The van der Waals surface area contributed by atoms with E-state index >= 15 is 0 Å². The molecule has 0 saturated carbocycles. The number of hydrogen-bond acceptors (Lipinski definition) is 5. The molecule has 0 rings (SSSR count). The molecule has 0 aliphatic rings. The normalized spacial score (nSPS) is 17.5. The minimum absolute atomic E-state index is 0.930. The highest BCUT2D eigenvalue weighted by molar-refractivity contribution is 6.92. The highest BCUT2D eigenvalue weighted by Gasteiger charge is 2.49. The maximum atomic E-state index is 7.28. The number of rotatable bonds is 19. The van der Waals surface area contributed by atoms with Crippen molar-refractivity contribution >= 4 is 59.0 Å². The highest BCUT2D eigenvalue weighted by atomic mass is 28.5. The third kappa shape index (κ3) is 17.6. The molecule has 0 aliphatic carbocycles. The summed E-state index contributed by atoms with van der Waals surface area (Å²) < 4.78 is 34.7. The van der Waals surface area contributed by atoms with E-state index in [1.807, 2.05) is 5.70 Å². The predicted octanol–water partition coefficient (Wildman–Crippen LogP) is 9.30. The zero-order valence-electron chi connectivity index (χ0n) is 26.8. The second kappa shape index (κ2) is 14.1.